The topological polar surface area (TPSA) is 30.2 Å². The van der Waals surface area contributed by atoms with E-state index in [9.17, 15) is 4.79 Å². The minimum absolute atomic E-state index is 0.117. The van der Waals surface area contributed by atoms with Crippen molar-refractivity contribution in [3.63, 3.8) is 0 Å². The van der Waals surface area contributed by atoms with E-state index in [0.29, 0.717) is 6.42 Å². The van der Waals surface area contributed by atoms with E-state index in [1.165, 1.54) is 11.1 Å². The molecule has 2 rings (SSSR count). The summed E-state index contributed by atoms with van der Waals surface area (Å²) in [6.07, 6.45) is 0.366. The summed E-state index contributed by atoms with van der Waals surface area (Å²) in [7, 11) is 0. The molecule has 0 bridgehead atoms. The molecule has 0 fully saturated rings. The molecule has 0 aliphatic carbocycles. The summed E-state index contributed by atoms with van der Waals surface area (Å²) in [6, 6.07) is 10.1. The molecule has 0 unspecified atom stereocenters. The largest absolute Gasteiger partial charge is 0.461 e. The van der Waals surface area contributed by atoms with Gasteiger partial charge in [0.05, 0.1) is 6.42 Å². The molecule has 1 aromatic heterocycles. The molecule has 0 radical (unpaired) electrons. The molecular weight excluding hydrogens is 212 g/mol. The molecule has 2 heteroatoms. The van der Waals surface area contributed by atoms with Gasteiger partial charge in [-0.1, -0.05) is 17.7 Å². The van der Waals surface area contributed by atoms with Gasteiger partial charge in [-0.25, -0.2) is 0 Å². The summed E-state index contributed by atoms with van der Waals surface area (Å²) in [5.41, 5.74) is 3.48. The van der Waals surface area contributed by atoms with Crippen LogP contribution in [-0.4, -0.2) is 5.78 Å². The van der Waals surface area contributed by atoms with E-state index in [1.807, 2.05) is 12.1 Å². The number of hydrogen-bond donors (Lipinski definition) is 0. The molecule has 1 aromatic carbocycles. The van der Waals surface area contributed by atoms with Gasteiger partial charge in [0.1, 0.15) is 17.3 Å². The molecule has 0 saturated heterocycles. The molecule has 0 amide bonds. The van der Waals surface area contributed by atoms with Gasteiger partial charge in [-0.15, -0.1) is 0 Å². The third kappa shape index (κ3) is 2.64. The van der Waals surface area contributed by atoms with Crippen LogP contribution in [0.5, 0.6) is 0 Å². The lowest BCUT2D eigenvalue weighted by molar-refractivity contribution is -0.116. The summed E-state index contributed by atoms with van der Waals surface area (Å²) in [5, 5.41) is 0. The molecule has 0 aliphatic rings. The average Bonchev–Trinajstić information content (AvgIpc) is 2.69. The van der Waals surface area contributed by atoms with Crippen LogP contribution in [0, 0.1) is 13.8 Å². The zero-order chi connectivity index (χ0) is 12.4. The summed E-state index contributed by atoms with van der Waals surface area (Å²) in [6.45, 7) is 5.68. The normalized spacial score (nSPS) is 10.5. The highest BCUT2D eigenvalue weighted by Gasteiger charge is 2.08. The van der Waals surface area contributed by atoms with Crippen molar-refractivity contribution in [3.8, 4) is 11.3 Å². The monoisotopic (exact) mass is 228 g/mol. The third-order valence-corrected chi connectivity index (χ3v) is 2.74. The molecule has 0 aliphatic heterocycles. The molecular formula is C15H16O2. The number of ketones is 1. The first-order valence-electron chi connectivity index (χ1n) is 5.72. The van der Waals surface area contributed by atoms with E-state index in [1.54, 1.807) is 6.92 Å². The lowest BCUT2D eigenvalue weighted by Crippen LogP contribution is -1.93. The predicted octanol–water partition coefficient (Wildman–Crippen LogP) is 3.69. The first kappa shape index (κ1) is 11.6. The van der Waals surface area contributed by atoms with Crippen LogP contribution in [0.2, 0.25) is 0 Å². The van der Waals surface area contributed by atoms with Crippen molar-refractivity contribution in [3.05, 3.63) is 47.2 Å². The second-order valence-corrected chi connectivity index (χ2v) is 4.46. The molecule has 0 N–H and O–H groups in total. The Bertz CT molecular complexity index is 550. The third-order valence-electron chi connectivity index (χ3n) is 2.74. The van der Waals surface area contributed by atoms with Crippen molar-refractivity contribution in [1.82, 2.24) is 0 Å². The summed E-state index contributed by atoms with van der Waals surface area (Å²) < 4.78 is 5.70. The van der Waals surface area contributed by atoms with Gasteiger partial charge in [-0.05, 0) is 44.5 Å². The Morgan fingerprint density at radius 3 is 2.65 bits per heavy atom. The van der Waals surface area contributed by atoms with Crippen molar-refractivity contribution in [1.29, 1.82) is 0 Å². The molecule has 0 spiro atoms. The number of furan rings is 1. The zero-order valence-electron chi connectivity index (χ0n) is 10.4. The number of carbonyl (C=O) groups excluding carboxylic acids is 1. The first-order valence-corrected chi connectivity index (χ1v) is 5.72. The predicted molar refractivity (Wildman–Crippen MR) is 68.0 cm³/mol. The Hall–Kier alpha value is -1.83. The maximum absolute atomic E-state index is 11.0. The lowest BCUT2D eigenvalue weighted by atomic mass is 10.0. The van der Waals surface area contributed by atoms with Crippen molar-refractivity contribution >= 4 is 5.78 Å². The van der Waals surface area contributed by atoms with Crippen LogP contribution in [0.15, 0.2) is 34.7 Å². The van der Waals surface area contributed by atoms with Crippen molar-refractivity contribution in [2.45, 2.75) is 27.2 Å². The fourth-order valence-corrected chi connectivity index (χ4v) is 1.86. The Labute approximate surface area is 101 Å². The molecule has 2 nitrogen and oxygen atoms in total. The quantitative estimate of drug-likeness (QED) is 0.801. The second kappa shape index (κ2) is 4.58. The average molecular weight is 228 g/mol. The van der Waals surface area contributed by atoms with Gasteiger partial charge in [0.15, 0.2) is 0 Å². The SMILES string of the molecule is CC(=O)Cc1ccc(-c2cc(C)ccc2C)o1. The molecule has 0 atom stereocenters. The molecule has 1 heterocycles. The Kier molecular flexibility index (Phi) is 3.14. The van der Waals surface area contributed by atoms with Crippen LogP contribution in [0.3, 0.4) is 0 Å². The summed E-state index contributed by atoms with van der Waals surface area (Å²) >= 11 is 0. The number of rotatable bonds is 3. The summed E-state index contributed by atoms with van der Waals surface area (Å²) in [5.74, 6) is 1.68. The van der Waals surface area contributed by atoms with Gasteiger partial charge < -0.3 is 4.42 Å². The standard InChI is InChI=1S/C15H16O2/c1-10-4-5-11(2)14(8-10)15-7-6-13(17-15)9-12(3)16/h4-8H,9H2,1-3H3. The van der Waals surface area contributed by atoms with Crippen LogP contribution in [0.25, 0.3) is 11.3 Å². The maximum atomic E-state index is 11.0. The number of Topliss-reactive ketones (excluding diaryl/α,β-unsaturated/α-hetero) is 1. The van der Waals surface area contributed by atoms with Crippen LogP contribution in [0.4, 0.5) is 0 Å². The molecule has 17 heavy (non-hydrogen) atoms. The van der Waals surface area contributed by atoms with E-state index in [2.05, 4.69) is 32.0 Å². The minimum Gasteiger partial charge on any atom is -0.461 e. The lowest BCUT2D eigenvalue weighted by Gasteiger charge is -2.03. The number of carbonyl (C=O) groups is 1. The highest BCUT2D eigenvalue weighted by Crippen LogP contribution is 2.26. The van der Waals surface area contributed by atoms with Gasteiger partial charge in [0, 0.05) is 5.56 Å². The van der Waals surface area contributed by atoms with Gasteiger partial charge in [0.25, 0.3) is 0 Å². The molecule has 0 saturated carbocycles. The van der Waals surface area contributed by atoms with E-state index >= 15 is 0 Å². The smallest absolute Gasteiger partial charge is 0.137 e. The van der Waals surface area contributed by atoms with Gasteiger partial charge in [-0.2, -0.15) is 0 Å². The Balaban J connectivity index is 2.36. The first-order chi connectivity index (χ1) is 8.06. The van der Waals surface area contributed by atoms with Gasteiger partial charge >= 0.3 is 0 Å². The van der Waals surface area contributed by atoms with E-state index < -0.39 is 0 Å². The van der Waals surface area contributed by atoms with E-state index in [-0.39, 0.29) is 5.78 Å². The fourth-order valence-electron chi connectivity index (χ4n) is 1.86. The van der Waals surface area contributed by atoms with Crippen LogP contribution in [-0.2, 0) is 11.2 Å². The Morgan fingerprint density at radius 2 is 1.94 bits per heavy atom. The maximum Gasteiger partial charge on any atom is 0.137 e. The van der Waals surface area contributed by atoms with Crippen molar-refractivity contribution in [2.75, 3.05) is 0 Å². The van der Waals surface area contributed by atoms with Gasteiger partial charge in [-0.3, -0.25) is 4.79 Å². The zero-order valence-corrected chi connectivity index (χ0v) is 10.4. The molecule has 2 aromatic rings. The number of hydrogen-bond acceptors (Lipinski definition) is 2. The minimum atomic E-state index is 0.117. The fraction of sp³-hybridized carbons (Fsp3) is 0.267. The second-order valence-electron chi connectivity index (χ2n) is 4.46. The highest BCUT2D eigenvalue weighted by atomic mass is 16.3. The van der Waals surface area contributed by atoms with Crippen molar-refractivity contribution < 1.29 is 9.21 Å². The van der Waals surface area contributed by atoms with E-state index in [4.69, 9.17) is 4.42 Å². The van der Waals surface area contributed by atoms with E-state index in [0.717, 1.165) is 17.1 Å². The highest BCUT2D eigenvalue weighted by molar-refractivity contribution is 5.77. The molecule has 88 valence electrons. The van der Waals surface area contributed by atoms with Gasteiger partial charge in [0.2, 0.25) is 0 Å². The Morgan fingerprint density at radius 1 is 1.18 bits per heavy atom. The number of aryl methyl sites for hydroxylation is 2. The number of benzene rings is 1. The van der Waals surface area contributed by atoms with Crippen LogP contribution >= 0.6 is 0 Å². The summed E-state index contributed by atoms with van der Waals surface area (Å²) in [4.78, 5) is 11.0. The van der Waals surface area contributed by atoms with Crippen LogP contribution in [0.1, 0.15) is 23.8 Å². The van der Waals surface area contributed by atoms with Crippen molar-refractivity contribution in [2.24, 2.45) is 0 Å². The van der Waals surface area contributed by atoms with Crippen LogP contribution < -0.4 is 0 Å².